The van der Waals surface area contributed by atoms with Gasteiger partial charge < -0.3 is 14.9 Å². The van der Waals surface area contributed by atoms with E-state index in [0.29, 0.717) is 0 Å². The van der Waals surface area contributed by atoms with Gasteiger partial charge in [-0.15, -0.1) is 0 Å². The van der Waals surface area contributed by atoms with Crippen molar-refractivity contribution in [2.45, 2.75) is 24.6 Å². The summed E-state index contributed by atoms with van der Waals surface area (Å²) in [6.07, 6.45) is -4.69. The minimum atomic E-state index is -1.86. The molecule has 1 aliphatic heterocycles. The molecule has 7 nitrogen and oxygen atoms in total. The summed E-state index contributed by atoms with van der Waals surface area (Å²) in [4.78, 5) is 24.7. The average Bonchev–Trinajstić information content (AvgIpc) is 2.61. The third-order valence-corrected chi connectivity index (χ3v) is 3.44. The zero-order valence-corrected chi connectivity index (χ0v) is 11.1. The third kappa shape index (κ3) is 2.22. The second-order valence-electron chi connectivity index (χ2n) is 3.83. The molecule has 18 heavy (non-hydrogen) atoms. The van der Waals surface area contributed by atoms with E-state index < -0.39 is 42.5 Å². The van der Waals surface area contributed by atoms with E-state index in [1.54, 1.807) is 22.6 Å². The predicted octanol–water partition coefficient (Wildman–Crippen LogP) is -1.27. The topological polar surface area (TPSA) is 105 Å². The van der Waals surface area contributed by atoms with Crippen LogP contribution >= 0.6 is 22.6 Å². The summed E-state index contributed by atoms with van der Waals surface area (Å²) in [5, 5.41) is 18.3. The van der Waals surface area contributed by atoms with E-state index in [9.17, 15) is 19.1 Å². The van der Waals surface area contributed by atoms with E-state index in [1.807, 2.05) is 4.98 Å². The van der Waals surface area contributed by atoms with Gasteiger partial charge in [0.25, 0.3) is 5.56 Å². The number of aromatic nitrogens is 2. The summed E-state index contributed by atoms with van der Waals surface area (Å²) >= 11 is 1.69. The molecule has 0 spiro atoms. The van der Waals surface area contributed by atoms with Crippen molar-refractivity contribution in [3.63, 3.8) is 0 Å². The third-order valence-electron chi connectivity index (χ3n) is 2.67. The molecule has 0 aliphatic carbocycles. The van der Waals surface area contributed by atoms with Gasteiger partial charge in [0.2, 0.25) is 0 Å². The van der Waals surface area contributed by atoms with Gasteiger partial charge in [0, 0.05) is 6.20 Å². The monoisotopic (exact) mass is 372 g/mol. The zero-order chi connectivity index (χ0) is 13.4. The van der Waals surface area contributed by atoms with E-state index in [2.05, 4.69) is 0 Å². The van der Waals surface area contributed by atoms with Gasteiger partial charge in [0.05, 0.1) is 10.2 Å². The first-order chi connectivity index (χ1) is 8.45. The highest BCUT2D eigenvalue weighted by molar-refractivity contribution is 14.1. The van der Waals surface area contributed by atoms with Crippen LogP contribution in [-0.4, -0.2) is 44.8 Å². The molecule has 2 heterocycles. The number of alkyl halides is 1. The molecule has 0 bridgehead atoms. The molecule has 1 aliphatic rings. The fourth-order valence-electron chi connectivity index (χ4n) is 1.73. The Labute approximate surface area is 113 Å². The van der Waals surface area contributed by atoms with E-state index in [1.165, 1.54) is 0 Å². The lowest BCUT2D eigenvalue weighted by molar-refractivity contribution is -0.0492. The molecule has 0 aromatic carbocycles. The van der Waals surface area contributed by atoms with Crippen molar-refractivity contribution >= 4 is 22.6 Å². The minimum absolute atomic E-state index is 0.185. The smallest absolute Gasteiger partial charge is 0.330 e. The first kappa shape index (κ1) is 13.6. The molecule has 100 valence electrons. The van der Waals surface area contributed by atoms with Crippen LogP contribution in [0.1, 0.15) is 6.23 Å². The highest BCUT2D eigenvalue weighted by atomic mass is 127. The normalized spacial score (nSPS) is 31.8. The van der Waals surface area contributed by atoms with Crippen molar-refractivity contribution in [1.29, 1.82) is 0 Å². The molecular weight excluding hydrogens is 362 g/mol. The van der Waals surface area contributed by atoms with Crippen molar-refractivity contribution in [1.82, 2.24) is 9.55 Å². The van der Waals surface area contributed by atoms with Crippen molar-refractivity contribution in [2.75, 3.05) is 6.61 Å². The van der Waals surface area contributed by atoms with Crippen LogP contribution in [0.5, 0.6) is 0 Å². The number of H-pyrrole nitrogens is 1. The Kier molecular flexibility index (Phi) is 3.84. The summed E-state index contributed by atoms with van der Waals surface area (Å²) in [6, 6.07) is 0. The Hall–Kier alpha value is -0.780. The van der Waals surface area contributed by atoms with Gasteiger partial charge in [-0.05, 0) is 22.6 Å². The van der Waals surface area contributed by atoms with Crippen LogP contribution in [0, 0.1) is 3.57 Å². The average molecular weight is 372 g/mol. The van der Waals surface area contributed by atoms with E-state index in [-0.39, 0.29) is 3.57 Å². The maximum Gasteiger partial charge on any atom is 0.330 e. The Balaban J connectivity index is 2.42. The Morgan fingerprint density at radius 2 is 2.22 bits per heavy atom. The summed E-state index contributed by atoms with van der Waals surface area (Å²) in [7, 11) is 0. The highest BCUT2D eigenvalue weighted by Crippen LogP contribution is 2.30. The molecule has 3 N–H and O–H groups in total. The minimum Gasteiger partial charge on any atom is -0.394 e. The predicted molar refractivity (Wildman–Crippen MR) is 65.9 cm³/mol. The molecule has 1 fully saturated rings. The SMILES string of the molecule is O=c1[nH]c(=O)n(C2O[C@H](CO)[C@@H](O)[C@H]2F)cc1I. The molecule has 9 heteroatoms. The van der Waals surface area contributed by atoms with Gasteiger partial charge >= 0.3 is 5.69 Å². The summed E-state index contributed by atoms with van der Waals surface area (Å²) in [6.45, 7) is -0.562. The molecule has 1 aromatic heterocycles. The quantitative estimate of drug-likeness (QED) is 0.562. The zero-order valence-electron chi connectivity index (χ0n) is 8.92. The Morgan fingerprint density at radius 1 is 1.56 bits per heavy atom. The van der Waals surface area contributed by atoms with Crippen molar-refractivity contribution in [2.24, 2.45) is 0 Å². The standard InChI is InChI=1S/C9H10FIN2O5/c10-5-6(15)4(2-14)18-8(5)13-1-3(11)7(16)12-9(13)17/h1,4-6,8,14-15H,2H2,(H,12,16,17)/t4-,5-,6-,8?/m1/s1. The Bertz CT molecular complexity index is 559. The van der Waals surface area contributed by atoms with E-state index in [0.717, 1.165) is 10.8 Å². The number of ether oxygens (including phenoxy) is 1. The maximum absolute atomic E-state index is 13.8. The molecule has 0 saturated carbocycles. The van der Waals surface area contributed by atoms with Gasteiger partial charge in [0.15, 0.2) is 12.4 Å². The van der Waals surface area contributed by atoms with Crippen LogP contribution in [0.25, 0.3) is 0 Å². The van der Waals surface area contributed by atoms with Crippen molar-refractivity contribution in [3.05, 3.63) is 30.6 Å². The van der Waals surface area contributed by atoms with E-state index in [4.69, 9.17) is 9.84 Å². The number of aromatic amines is 1. The molecule has 1 saturated heterocycles. The number of halogens is 2. The lowest BCUT2D eigenvalue weighted by Crippen LogP contribution is -2.37. The number of aliphatic hydroxyl groups excluding tert-OH is 2. The van der Waals surface area contributed by atoms with Crippen LogP contribution in [0.2, 0.25) is 0 Å². The summed E-state index contributed by atoms with van der Waals surface area (Å²) in [5.41, 5.74) is -1.41. The van der Waals surface area contributed by atoms with Crippen LogP contribution < -0.4 is 11.2 Å². The first-order valence-corrected chi connectivity index (χ1v) is 6.13. The number of hydrogen-bond acceptors (Lipinski definition) is 5. The number of rotatable bonds is 2. The van der Waals surface area contributed by atoms with E-state index >= 15 is 0 Å². The second kappa shape index (κ2) is 5.07. The fraction of sp³-hybridized carbons (Fsp3) is 0.556. The largest absolute Gasteiger partial charge is 0.394 e. The van der Waals surface area contributed by atoms with Crippen molar-refractivity contribution in [3.8, 4) is 0 Å². The molecule has 1 aromatic rings. The number of nitrogens with zero attached hydrogens (tertiary/aromatic N) is 1. The first-order valence-electron chi connectivity index (χ1n) is 5.05. The maximum atomic E-state index is 13.8. The molecule has 0 radical (unpaired) electrons. The van der Waals surface area contributed by atoms with Gasteiger partial charge in [-0.2, -0.15) is 0 Å². The van der Waals surface area contributed by atoms with Crippen LogP contribution in [0.15, 0.2) is 15.8 Å². The van der Waals surface area contributed by atoms with Gasteiger partial charge in [-0.25, -0.2) is 9.18 Å². The second-order valence-corrected chi connectivity index (χ2v) is 4.99. The molecule has 4 atom stereocenters. The highest BCUT2D eigenvalue weighted by Gasteiger charge is 2.45. The van der Waals surface area contributed by atoms with Crippen molar-refractivity contribution < 1.29 is 19.3 Å². The Morgan fingerprint density at radius 3 is 2.78 bits per heavy atom. The summed E-state index contributed by atoms with van der Waals surface area (Å²) < 4.78 is 19.9. The van der Waals surface area contributed by atoms with Crippen LogP contribution in [-0.2, 0) is 4.74 Å². The van der Waals surface area contributed by atoms with Gasteiger partial charge in [-0.3, -0.25) is 14.3 Å². The molecule has 2 rings (SSSR count). The summed E-state index contributed by atoms with van der Waals surface area (Å²) in [5.74, 6) is 0. The molecule has 1 unspecified atom stereocenters. The molecule has 0 amide bonds. The number of hydrogen-bond donors (Lipinski definition) is 3. The number of nitrogens with one attached hydrogen (secondary N) is 1. The molecular formula is C9H10FIN2O5. The lowest BCUT2D eigenvalue weighted by Gasteiger charge is -2.15. The van der Waals surface area contributed by atoms with Gasteiger partial charge in [0.1, 0.15) is 12.2 Å². The lowest BCUT2D eigenvalue weighted by atomic mass is 10.1. The fourth-order valence-corrected chi connectivity index (χ4v) is 2.16. The van der Waals surface area contributed by atoms with Crippen LogP contribution in [0.4, 0.5) is 4.39 Å². The van der Waals surface area contributed by atoms with Gasteiger partial charge in [-0.1, -0.05) is 0 Å². The number of aliphatic hydroxyl groups is 2. The van der Waals surface area contributed by atoms with Crippen LogP contribution in [0.3, 0.4) is 0 Å².